The van der Waals surface area contributed by atoms with Crippen molar-refractivity contribution in [1.29, 1.82) is 0 Å². The lowest BCUT2D eigenvalue weighted by atomic mass is 9.91. The number of rotatable bonds is 5. The van der Waals surface area contributed by atoms with Gasteiger partial charge in [0.15, 0.2) is 0 Å². The summed E-state index contributed by atoms with van der Waals surface area (Å²) in [5.41, 5.74) is 3.59. The molecule has 1 atom stereocenters. The van der Waals surface area contributed by atoms with E-state index in [1.807, 2.05) is 23.1 Å². The van der Waals surface area contributed by atoms with Crippen LogP contribution >= 0.6 is 15.9 Å². The number of hydrogen-bond acceptors (Lipinski definition) is 2. The third-order valence-corrected chi connectivity index (χ3v) is 5.23. The first kappa shape index (κ1) is 18.2. The summed E-state index contributed by atoms with van der Waals surface area (Å²) in [4.78, 5) is 17.2. The van der Waals surface area contributed by atoms with Crippen LogP contribution in [-0.2, 0) is 17.6 Å². The average molecular weight is 401 g/mol. The quantitative estimate of drug-likeness (QED) is 0.752. The highest BCUT2D eigenvalue weighted by atomic mass is 79.9. The van der Waals surface area contributed by atoms with Gasteiger partial charge >= 0.3 is 0 Å². The van der Waals surface area contributed by atoms with Crippen LogP contribution in [0.25, 0.3) is 0 Å². The van der Waals surface area contributed by atoms with Crippen LogP contribution in [0.5, 0.6) is 0 Å². The van der Waals surface area contributed by atoms with Gasteiger partial charge < -0.3 is 9.80 Å². The molecule has 0 radical (unpaired) electrons. The smallest absolute Gasteiger partial charge is 0.227 e. The van der Waals surface area contributed by atoms with Gasteiger partial charge in [-0.1, -0.05) is 46.3 Å². The van der Waals surface area contributed by atoms with E-state index in [9.17, 15) is 4.79 Å². The molecule has 4 heteroatoms. The van der Waals surface area contributed by atoms with Crippen LogP contribution in [-0.4, -0.2) is 38.0 Å². The van der Waals surface area contributed by atoms with Crippen molar-refractivity contribution in [3.63, 3.8) is 0 Å². The van der Waals surface area contributed by atoms with Crippen molar-refractivity contribution < 1.29 is 4.79 Å². The normalized spacial score (nSPS) is 16.8. The number of anilines is 1. The van der Waals surface area contributed by atoms with E-state index in [2.05, 4.69) is 65.3 Å². The van der Waals surface area contributed by atoms with Crippen LogP contribution in [0.3, 0.4) is 0 Å². The predicted octanol–water partition coefficient (Wildman–Crippen LogP) is 4.15. The van der Waals surface area contributed by atoms with E-state index in [0.717, 1.165) is 36.1 Å². The maximum Gasteiger partial charge on any atom is 0.227 e. The van der Waals surface area contributed by atoms with E-state index in [1.54, 1.807) is 0 Å². The van der Waals surface area contributed by atoms with Gasteiger partial charge in [0.25, 0.3) is 0 Å². The molecule has 0 aliphatic carbocycles. The third-order valence-electron chi connectivity index (χ3n) is 4.70. The van der Waals surface area contributed by atoms with Crippen molar-refractivity contribution in [1.82, 2.24) is 4.90 Å². The zero-order chi connectivity index (χ0) is 17.8. The van der Waals surface area contributed by atoms with Crippen molar-refractivity contribution in [2.75, 3.05) is 32.1 Å². The average Bonchev–Trinajstić information content (AvgIpc) is 2.59. The summed E-state index contributed by atoms with van der Waals surface area (Å²) in [6.45, 7) is 1.82. The Morgan fingerprint density at radius 2 is 1.88 bits per heavy atom. The number of halogens is 1. The number of hydrogen-bond donors (Lipinski definition) is 0. The molecule has 1 unspecified atom stereocenters. The number of para-hydroxylation sites is 1. The van der Waals surface area contributed by atoms with Crippen molar-refractivity contribution in [2.45, 2.75) is 19.3 Å². The Labute approximate surface area is 158 Å². The van der Waals surface area contributed by atoms with Crippen LogP contribution in [0.15, 0.2) is 53.0 Å². The summed E-state index contributed by atoms with van der Waals surface area (Å²) in [5, 5.41) is 0. The Kier molecular flexibility index (Phi) is 5.92. The molecule has 2 aromatic rings. The maximum absolute atomic E-state index is 12.9. The number of carbonyl (C=O) groups excluding carboxylic acids is 1. The summed E-state index contributed by atoms with van der Waals surface area (Å²) in [6, 6.07) is 16.6. The van der Waals surface area contributed by atoms with Gasteiger partial charge in [-0.3, -0.25) is 4.79 Å². The Hall–Kier alpha value is -1.65. The van der Waals surface area contributed by atoms with E-state index in [0.29, 0.717) is 12.3 Å². The highest BCUT2D eigenvalue weighted by Crippen LogP contribution is 2.30. The fourth-order valence-electron chi connectivity index (χ4n) is 3.59. The second-order valence-electron chi connectivity index (χ2n) is 7.09. The van der Waals surface area contributed by atoms with Gasteiger partial charge in [0.2, 0.25) is 5.91 Å². The number of nitrogens with zero attached hydrogens (tertiary/aromatic N) is 2. The van der Waals surface area contributed by atoms with Crippen molar-refractivity contribution in [2.24, 2.45) is 5.92 Å². The molecule has 0 N–H and O–H groups in total. The summed E-state index contributed by atoms with van der Waals surface area (Å²) in [7, 11) is 4.19. The lowest BCUT2D eigenvalue weighted by Gasteiger charge is -2.36. The monoisotopic (exact) mass is 400 g/mol. The molecule has 0 aromatic heterocycles. The molecular weight excluding hydrogens is 376 g/mol. The van der Waals surface area contributed by atoms with Crippen molar-refractivity contribution in [3.05, 3.63) is 64.1 Å². The van der Waals surface area contributed by atoms with Crippen LogP contribution < -0.4 is 4.90 Å². The molecule has 3 nitrogen and oxygen atoms in total. The standard InChI is InChI=1S/C21H25BrN2O/c1-23(2)14-17-13-18-5-3-4-6-20(18)24(15-17)21(25)12-9-16-7-10-19(22)11-8-16/h3-8,10-11,17H,9,12-15H2,1-2H3. The Balaban J connectivity index is 1.72. The molecule has 2 aromatic carbocycles. The first-order chi connectivity index (χ1) is 12.0. The van der Waals surface area contributed by atoms with Crippen LogP contribution in [0.4, 0.5) is 5.69 Å². The third kappa shape index (κ3) is 4.71. The van der Waals surface area contributed by atoms with Crippen LogP contribution in [0, 0.1) is 5.92 Å². The minimum Gasteiger partial charge on any atom is -0.312 e. The van der Waals surface area contributed by atoms with Crippen LogP contribution in [0.2, 0.25) is 0 Å². The summed E-state index contributed by atoms with van der Waals surface area (Å²) >= 11 is 3.45. The Morgan fingerprint density at radius 3 is 2.60 bits per heavy atom. The molecule has 0 saturated carbocycles. The largest absolute Gasteiger partial charge is 0.312 e. The topological polar surface area (TPSA) is 23.6 Å². The van der Waals surface area contributed by atoms with Gasteiger partial charge in [0, 0.05) is 29.7 Å². The van der Waals surface area contributed by atoms with E-state index < -0.39 is 0 Å². The highest BCUT2D eigenvalue weighted by Gasteiger charge is 2.28. The minimum atomic E-state index is 0.221. The van der Waals surface area contributed by atoms with Gasteiger partial charge in [-0.05, 0) is 62.2 Å². The second-order valence-corrected chi connectivity index (χ2v) is 8.01. The zero-order valence-electron chi connectivity index (χ0n) is 14.9. The molecule has 1 aliphatic rings. The molecule has 0 saturated heterocycles. The first-order valence-corrected chi connectivity index (χ1v) is 9.59. The lowest BCUT2D eigenvalue weighted by Crippen LogP contribution is -2.43. The summed E-state index contributed by atoms with van der Waals surface area (Å²) < 4.78 is 1.07. The SMILES string of the molecule is CN(C)CC1Cc2ccccc2N(C(=O)CCc2ccc(Br)cc2)C1. The van der Waals surface area contributed by atoms with E-state index in [1.165, 1.54) is 11.1 Å². The molecule has 25 heavy (non-hydrogen) atoms. The molecular formula is C21H25BrN2O. The summed E-state index contributed by atoms with van der Waals surface area (Å²) in [5.74, 6) is 0.709. The molecule has 0 bridgehead atoms. The van der Waals surface area contributed by atoms with Crippen molar-refractivity contribution in [3.8, 4) is 0 Å². The van der Waals surface area contributed by atoms with E-state index in [4.69, 9.17) is 0 Å². The fraction of sp³-hybridized carbons (Fsp3) is 0.381. The molecule has 0 spiro atoms. The van der Waals surface area contributed by atoms with Gasteiger partial charge in [-0.25, -0.2) is 0 Å². The number of carbonyl (C=O) groups is 1. The fourth-order valence-corrected chi connectivity index (χ4v) is 3.86. The van der Waals surface area contributed by atoms with Gasteiger partial charge in [-0.15, -0.1) is 0 Å². The van der Waals surface area contributed by atoms with E-state index >= 15 is 0 Å². The molecule has 1 heterocycles. The molecule has 1 amide bonds. The Morgan fingerprint density at radius 1 is 1.16 bits per heavy atom. The predicted molar refractivity (Wildman–Crippen MR) is 107 cm³/mol. The second kappa shape index (κ2) is 8.15. The summed E-state index contributed by atoms with van der Waals surface area (Å²) in [6.07, 6.45) is 2.37. The molecule has 3 rings (SSSR count). The van der Waals surface area contributed by atoms with Gasteiger partial charge in [0.1, 0.15) is 0 Å². The van der Waals surface area contributed by atoms with Gasteiger partial charge in [-0.2, -0.15) is 0 Å². The Bertz CT molecular complexity index is 727. The van der Waals surface area contributed by atoms with Crippen LogP contribution in [0.1, 0.15) is 17.5 Å². The number of benzene rings is 2. The van der Waals surface area contributed by atoms with E-state index in [-0.39, 0.29) is 5.91 Å². The number of fused-ring (bicyclic) bond motifs is 1. The number of aryl methyl sites for hydroxylation is 1. The molecule has 0 fully saturated rings. The maximum atomic E-state index is 12.9. The minimum absolute atomic E-state index is 0.221. The lowest BCUT2D eigenvalue weighted by molar-refractivity contribution is -0.118. The molecule has 132 valence electrons. The van der Waals surface area contributed by atoms with Gasteiger partial charge in [0.05, 0.1) is 0 Å². The number of amides is 1. The zero-order valence-corrected chi connectivity index (χ0v) is 16.5. The first-order valence-electron chi connectivity index (χ1n) is 8.80. The highest BCUT2D eigenvalue weighted by molar-refractivity contribution is 9.10. The molecule has 1 aliphatic heterocycles. The van der Waals surface area contributed by atoms with Crippen molar-refractivity contribution >= 4 is 27.5 Å².